The molecule has 4 N–H and O–H groups in total. The minimum absolute atomic E-state index is 0.156. The average Bonchev–Trinajstić information content (AvgIpc) is 3.41. The fourth-order valence-electron chi connectivity index (χ4n) is 3.56. The van der Waals surface area contributed by atoms with E-state index in [1.807, 2.05) is 12.4 Å². The zero-order valence-electron chi connectivity index (χ0n) is 16.4. The Hall–Kier alpha value is -3.19. The maximum absolute atomic E-state index is 8.89. The number of hydrogen-bond acceptors (Lipinski definition) is 5. The number of aliphatic hydroxyl groups excluding tert-OH is 1. The summed E-state index contributed by atoms with van der Waals surface area (Å²) in [5, 5.41) is 17.9. The van der Waals surface area contributed by atoms with Gasteiger partial charge >= 0.3 is 0 Å². The molecule has 0 fully saturated rings. The van der Waals surface area contributed by atoms with Crippen LogP contribution in [0.25, 0.3) is 31.4 Å². The molecule has 0 saturated heterocycles. The first kappa shape index (κ1) is 18.8. The van der Waals surface area contributed by atoms with Gasteiger partial charge in [-0.3, -0.25) is 0 Å². The minimum Gasteiger partial charge on any atom is -0.395 e. The van der Waals surface area contributed by atoms with Crippen molar-refractivity contribution in [3.63, 3.8) is 0 Å². The lowest BCUT2D eigenvalue weighted by atomic mass is 10.1. The highest BCUT2D eigenvalue weighted by molar-refractivity contribution is 7.22. The van der Waals surface area contributed by atoms with Gasteiger partial charge in [0.05, 0.1) is 11.3 Å². The Balaban J connectivity index is 1.42. The summed E-state index contributed by atoms with van der Waals surface area (Å²) in [5.41, 5.74) is 4.55. The van der Waals surface area contributed by atoms with Crippen molar-refractivity contribution in [2.45, 2.75) is 6.54 Å². The number of pyridine rings is 1. The fourth-order valence-corrected chi connectivity index (χ4v) is 4.67. The van der Waals surface area contributed by atoms with Crippen molar-refractivity contribution in [3.8, 4) is 10.4 Å². The van der Waals surface area contributed by atoms with Crippen LogP contribution in [-0.2, 0) is 6.54 Å². The first-order valence-corrected chi connectivity index (χ1v) is 10.8. The van der Waals surface area contributed by atoms with Gasteiger partial charge in [0.2, 0.25) is 0 Å². The Morgan fingerprint density at radius 2 is 1.87 bits per heavy atom. The summed E-state index contributed by atoms with van der Waals surface area (Å²) in [4.78, 5) is 9.04. The molecule has 0 atom stereocenters. The molecule has 150 valence electrons. The summed E-state index contributed by atoms with van der Waals surface area (Å²) in [6.45, 7) is 1.53. The van der Waals surface area contributed by atoms with Crippen molar-refractivity contribution < 1.29 is 5.11 Å². The normalized spacial score (nSPS) is 11.4. The number of hydrogen-bond donors (Lipinski definition) is 4. The van der Waals surface area contributed by atoms with E-state index in [0.717, 1.165) is 28.3 Å². The van der Waals surface area contributed by atoms with Crippen LogP contribution in [-0.4, -0.2) is 28.2 Å². The number of rotatable bonds is 7. The molecule has 0 spiro atoms. The van der Waals surface area contributed by atoms with Crippen molar-refractivity contribution in [2.24, 2.45) is 0 Å². The standard InChI is InChI=1S/C24H22N4OS/c29-12-11-25-15-16-1-3-17(4-2-16)22-14-19-8-10-27-24(23(19)30-22)28-20-5-6-21-18(13-20)7-9-26-21/h1-10,13-14,25-26,29H,11-12,15H2,(H,27,28). The molecule has 3 heterocycles. The van der Waals surface area contributed by atoms with E-state index in [4.69, 9.17) is 5.11 Å². The lowest BCUT2D eigenvalue weighted by Crippen LogP contribution is -2.17. The van der Waals surface area contributed by atoms with E-state index < -0.39 is 0 Å². The second-order valence-electron chi connectivity index (χ2n) is 7.19. The summed E-state index contributed by atoms with van der Waals surface area (Å²) in [7, 11) is 0. The smallest absolute Gasteiger partial charge is 0.148 e. The van der Waals surface area contributed by atoms with Gasteiger partial charge in [-0.2, -0.15) is 0 Å². The molecule has 0 aliphatic heterocycles. The molecule has 0 aliphatic rings. The molecule has 30 heavy (non-hydrogen) atoms. The van der Waals surface area contributed by atoms with Gasteiger partial charge in [0.15, 0.2) is 0 Å². The Morgan fingerprint density at radius 1 is 0.967 bits per heavy atom. The van der Waals surface area contributed by atoms with E-state index in [2.05, 4.69) is 81.3 Å². The number of aromatic nitrogens is 2. The van der Waals surface area contributed by atoms with Gasteiger partial charge in [-0.25, -0.2) is 4.98 Å². The molecule has 2 aromatic carbocycles. The SMILES string of the molecule is OCCNCc1ccc(-c2cc3ccnc(Nc4ccc5[nH]ccc5c4)c3s2)cc1. The monoisotopic (exact) mass is 414 g/mol. The Kier molecular flexibility index (Phi) is 5.19. The summed E-state index contributed by atoms with van der Waals surface area (Å²) < 4.78 is 1.15. The Bertz CT molecular complexity index is 1290. The van der Waals surface area contributed by atoms with Crippen molar-refractivity contribution in [1.82, 2.24) is 15.3 Å². The summed E-state index contributed by atoms with van der Waals surface area (Å²) in [6, 6.07) is 21.2. The van der Waals surface area contributed by atoms with Gasteiger partial charge in [0.1, 0.15) is 5.82 Å². The van der Waals surface area contributed by atoms with Gasteiger partial charge in [-0.1, -0.05) is 24.3 Å². The molecule has 6 heteroatoms. The zero-order chi connectivity index (χ0) is 20.3. The maximum Gasteiger partial charge on any atom is 0.148 e. The lowest BCUT2D eigenvalue weighted by Gasteiger charge is -2.06. The van der Waals surface area contributed by atoms with Gasteiger partial charge < -0.3 is 20.7 Å². The molecule has 5 nitrogen and oxygen atoms in total. The first-order chi connectivity index (χ1) is 14.8. The Morgan fingerprint density at radius 3 is 2.73 bits per heavy atom. The van der Waals surface area contributed by atoms with E-state index in [1.54, 1.807) is 11.3 Å². The molecule has 0 unspecified atom stereocenters. The highest BCUT2D eigenvalue weighted by Crippen LogP contribution is 2.37. The van der Waals surface area contributed by atoms with Crippen LogP contribution in [0.15, 0.2) is 73.1 Å². The molecule has 5 aromatic rings. The van der Waals surface area contributed by atoms with Crippen molar-refractivity contribution >= 4 is 43.8 Å². The third-order valence-electron chi connectivity index (χ3n) is 5.11. The molecule has 3 aromatic heterocycles. The fraction of sp³-hybridized carbons (Fsp3) is 0.125. The van der Waals surface area contributed by atoms with Crippen LogP contribution >= 0.6 is 11.3 Å². The number of thiophene rings is 1. The molecule has 0 amide bonds. The zero-order valence-corrected chi connectivity index (χ0v) is 17.2. The largest absolute Gasteiger partial charge is 0.395 e. The van der Waals surface area contributed by atoms with E-state index in [0.29, 0.717) is 6.54 Å². The quantitative estimate of drug-likeness (QED) is 0.274. The van der Waals surface area contributed by atoms with Crippen molar-refractivity contribution in [2.75, 3.05) is 18.5 Å². The second-order valence-corrected chi connectivity index (χ2v) is 8.24. The summed E-state index contributed by atoms with van der Waals surface area (Å²) in [5.74, 6) is 0.878. The highest BCUT2D eigenvalue weighted by atomic mass is 32.1. The van der Waals surface area contributed by atoms with E-state index in [-0.39, 0.29) is 6.61 Å². The number of H-pyrrole nitrogens is 1. The van der Waals surface area contributed by atoms with Crippen LogP contribution in [0.3, 0.4) is 0 Å². The molecule has 0 bridgehead atoms. The van der Waals surface area contributed by atoms with Gasteiger partial charge in [0, 0.05) is 47.0 Å². The van der Waals surface area contributed by atoms with E-state index >= 15 is 0 Å². The molecular formula is C24H22N4OS. The number of aromatic amines is 1. The highest BCUT2D eigenvalue weighted by Gasteiger charge is 2.10. The van der Waals surface area contributed by atoms with Crippen molar-refractivity contribution in [3.05, 3.63) is 78.6 Å². The van der Waals surface area contributed by atoms with Crippen LogP contribution in [0.1, 0.15) is 5.56 Å². The number of nitrogens with one attached hydrogen (secondary N) is 3. The number of aliphatic hydroxyl groups is 1. The van der Waals surface area contributed by atoms with Crippen LogP contribution in [0.4, 0.5) is 11.5 Å². The van der Waals surface area contributed by atoms with Crippen LogP contribution in [0, 0.1) is 0 Å². The van der Waals surface area contributed by atoms with Crippen LogP contribution in [0.5, 0.6) is 0 Å². The summed E-state index contributed by atoms with van der Waals surface area (Å²) >= 11 is 1.75. The number of anilines is 2. The predicted molar refractivity (Wildman–Crippen MR) is 125 cm³/mol. The summed E-state index contributed by atoms with van der Waals surface area (Å²) in [6.07, 6.45) is 3.80. The lowest BCUT2D eigenvalue weighted by molar-refractivity contribution is 0.292. The molecule has 5 rings (SSSR count). The van der Waals surface area contributed by atoms with E-state index in [1.165, 1.54) is 26.8 Å². The van der Waals surface area contributed by atoms with Crippen LogP contribution < -0.4 is 10.6 Å². The maximum atomic E-state index is 8.89. The van der Waals surface area contributed by atoms with Gasteiger partial charge in [-0.05, 0) is 52.9 Å². The van der Waals surface area contributed by atoms with Gasteiger partial charge in [-0.15, -0.1) is 11.3 Å². The molecular weight excluding hydrogens is 392 g/mol. The van der Waals surface area contributed by atoms with E-state index in [9.17, 15) is 0 Å². The topological polar surface area (TPSA) is 73.0 Å². The third-order valence-corrected chi connectivity index (χ3v) is 6.31. The van der Waals surface area contributed by atoms with Crippen LogP contribution in [0.2, 0.25) is 0 Å². The van der Waals surface area contributed by atoms with Crippen molar-refractivity contribution in [1.29, 1.82) is 0 Å². The van der Waals surface area contributed by atoms with Gasteiger partial charge in [0.25, 0.3) is 0 Å². The predicted octanol–water partition coefficient (Wildman–Crippen LogP) is 5.27. The Labute approximate surface area is 178 Å². The number of nitrogens with zero attached hydrogens (tertiary/aromatic N) is 1. The molecule has 0 aliphatic carbocycles. The first-order valence-electron chi connectivity index (χ1n) is 9.94. The minimum atomic E-state index is 0.156. The molecule has 0 radical (unpaired) electrons. The number of benzene rings is 2. The second kappa shape index (κ2) is 8.28. The average molecular weight is 415 g/mol. The third kappa shape index (κ3) is 3.80. The molecule has 0 saturated carbocycles. The number of fused-ring (bicyclic) bond motifs is 2.